The fraction of sp³-hybridized carbons (Fsp3) is 1.00. The number of ether oxygens (including phenoxy) is 2. The quantitative estimate of drug-likeness (QED) is 0.439. The monoisotopic (exact) mass is 499 g/mol. The maximum absolute atomic E-state index is 10.2. The van der Waals surface area contributed by atoms with Crippen LogP contribution in [0.3, 0.4) is 0 Å². The SMILES string of the molecule is CO[C@H]1CC(CC(SC)N2CCC[C@H](OCC(C(C)C)N3CCCC(O)C3)C2)N(CC(C)C)C1. The zero-order valence-corrected chi connectivity index (χ0v) is 23.6. The van der Waals surface area contributed by atoms with E-state index in [0.717, 1.165) is 52.0 Å². The number of piperidine rings is 2. The molecule has 0 aromatic carbocycles. The molecule has 0 bridgehead atoms. The molecule has 0 spiro atoms. The first-order chi connectivity index (χ1) is 16.3. The topological polar surface area (TPSA) is 48.4 Å². The van der Waals surface area contributed by atoms with E-state index in [0.29, 0.717) is 41.5 Å². The van der Waals surface area contributed by atoms with Crippen LogP contribution in [0, 0.1) is 11.8 Å². The van der Waals surface area contributed by atoms with E-state index in [1.54, 1.807) is 0 Å². The Morgan fingerprint density at radius 1 is 0.971 bits per heavy atom. The molecule has 0 aromatic rings. The molecule has 0 radical (unpaired) electrons. The lowest BCUT2D eigenvalue weighted by molar-refractivity contribution is -0.0528. The van der Waals surface area contributed by atoms with E-state index >= 15 is 0 Å². The minimum Gasteiger partial charge on any atom is -0.392 e. The fourth-order valence-corrected chi connectivity index (χ4v) is 7.18. The average molecular weight is 500 g/mol. The number of nitrogens with zero attached hydrogens (tertiary/aromatic N) is 3. The Hall–Kier alpha value is 0.110. The van der Waals surface area contributed by atoms with Gasteiger partial charge in [0, 0.05) is 45.4 Å². The molecule has 7 heteroatoms. The molecule has 6 nitrogen and oxygen atoms in total. The van der Waals surface area contributed by atoms with Crippen LogP contribution in [0.1, 0.15) is 66.2 Å². The van der Waals surface area contributed by atoms with Gasteiger partial charge >= 0.3 is 0 Å². The molecule has 0 amide bonds. The number of hydrogen-bond acceptors (Lipinski definition) is 7. The van der Waals surface area contributed by atoms with Gasteiger partial charge in [0.1, 0.15) is 0 Å². The van der Waals surface area contributed by atoms with Crippen LogP contribution in [0.25, 0.3) is 0 Å². The van der Waals surface area contributed by atoms with E-state index in [1.807, 2.05) is 18.9 Å². The molecule has 34 heavy (non-hydrogen) atoms. The highest BCUT2D eigenvalue weighted by Crippen LogP contribution is 2.31. The number of methoxy groups -OCH3 is 1. The van der Waals surface area contributed by atoms with Gasteiger partial charge in [0.15, 0.2) is 0 Å². The Balaban J connectivity index is 1.53. The third kappa shape index (κ3) is 8.32. The van der Waals surface area contributed by atoms with Crippen molar-refractivity contribution in [1.82, 2.24) is 14.7 Å². The molecule has 1 N–H and O–H groups in total. The van der Waals surface area contributed by atoms with Crippen molar-refractivity contribution in [2.45, 2.75) is 102 Å². The predicted molar refractivity (Wildman–Crippen MR) is 144 cm³/mol. The lowest BCUT2D eigenvalue weighted by Gasteiger charge is -2.42. The van der Waals surface area contributed by atoms with Crippen LogP contribution in [0.15, 0.2) is 0 Å². The van der Waals surface area contributed by atoms with Crippen LogP contribution >= 0.6 is 11.8 Å². The minimum absolute atomic E-state index is 0.175. The van der Waals surface area contributed by atoms with E-state index in [2.05, 4.69) is 48.7 Å². The summed E-state index contributed by atoms with van der Waals surface area (Å²) in [5.74, 6) is 1.22. The minimum atomic E-state index is -0.175. The van der Waals surface area contributed by atoms with Gasteiger partial charge in [-0.3, -0.25) is 14.7 Å². The first-order valence-corrected chi connectivity index (χ1v) is 15.2. The van der Waals surface area contributed by atoms with E-state index in [9.17, 15) is 5.11 Å². The lowest BCUT2D eigenvalue weighted by atomic mass is 9.98. The Kier molecular flexibility index (Phi) is 11.9. The predicted octanol–water partition coefficient (Wildman–Crippen LogP) is 3.77. The maximum atomic E-state index is 10.2. The number of likely N-dealkylation sites (tertiary alicyclic amines) is 3. The second kappa shape index (κ2) is 14.2. The molecule has 4 unspecified atom stereocenters. The smallest absolute Gasteiger partial charge is 0.0713 e. The molecule has 3 aliphatic rings. The fourth-order valence-electron chi connectivity index (χ4n) is 6.28. The largest absolute Gasteiger partial charge is 0.392 e. The van der Waals surface area contributed by atoms with Crippen molar-refractivity contribution in [3.05, 3.63) is 0 Å². The number of thioether (sulfide) groups is 1. The number of aliphatic hydroxyl groups excluding tert-OH is 1. The summed E-state index contributed by atoms with van der Waals surface area (Å²) in [7, 11) is 1.87. The molecule has 3 rings (SSSR count). The van der Waals surface area contributed by atoms with Gasteiger partial charge < -0.3 is 14.6 Å². The standard InChI is InChI=1S/C27H53N3O3S/c1-20(2)15-30-18-25(32-5)13-22(30)14-27(34-6)29-12-8-10-24(17-29)33-19-26(21(3)4)28-11-7-9-23(31)16-28/h20-27,31H,7-19H2,1-6H3/t22?,23?,24-,25-,26?,27?/m0/s1. The first-order valence-electron chi connectivity index (χ1n) is 13.9. The highest BCUT2D eigenvalue weighted by molar-refractivity contribution is 7.99. The summed E-state index contributed by atoms with van der Waals surface area (Å²) in [6.45, 7) is 16.4. The van der Waals surface area contributed by atoms with Crippen molar-refractivity contribution in [1.29, 1.82) is 0 Å². The van der Waals surface area contributed by atoms with Gasteiger partial charge in [-0.2, -0.15) is 0 Å². The summed E-state index contributed by atoms with van der Waals surface area (Å²) in [5, 5.41) is 10.7. The average Bonchev–Trinajstić information content (AvgIpc) is 3.18. The van der Waals surface area contributed by atoms with Crippen LogP contribution in [-0.2, 0) is 9.47 Å². The summed E-state index contributed by atoms with van der Waals surface area (Å²) >= 11 is 2.01. The molecule has 3 saturated heterocycles. The second-order valence-electron chi connectivity index (χ2n) is 11.7. The third-order valence-corrected chi connectivity index (χ3v) is 9.19. The summed E-state index contributed by atoms with van der Waals surface area (Å²) in [6, 6.07) is 1.01. The second-order valence-corrected chi connectivity index (χ2v) is 12.7. The molecular weight excluding hydrogens is 446 g/mol. The maximum Gasteiger partial charge on any atom is 0.0713 e. The highest BCUT2D eigenvalue weighted by atomic mass is 32.2. The normalized spacial score (nSPS) is 32.0. The van der Waals surface area contributed by atoms with Crippen molar-refractivity contribution in [3.8, 4) is 0 Å². The van der Waals surface area contributed by atoms with Crippen LogP contribution in [0.5, 0.6) is 0 Å². The van der Waals surface area contributed by atoms with Gasteiger partial charge in [-0.1, -0.05) is 27.7 Å². The molecule has 200 valence electrons. The molecule has 3 heterocycles. The molecule has 0 aliphatic carbocycles. The van der Waals surface area contributed by atoms with E-state index in [1.165, 1.54) is 32.4 Å². The van der Waals surface area contributed by atoms with Gasteiger partial charge in [-0.05, 0) is 69.7 Å². The Morgan fingerprint density at radius 2 is 1.71 bits per heavy atom. The molecule has 0 aromatic heterocycles. The van der Waals surface area contributed by atoms with Crippen LogP contribution in [-0.4, -0.2) is 115 Å². The Bertz CT molecular complexity index is 581. The number of β-amino-alcohol motifs (C(OH)–C–C–N with tert-alkyl or cyclic N) is 1. The van der Waals surface area contributed by atoms with Crippen LogP contribution in [0.4, 0.5) is 0 Å². The van der Waals surface area contributed by atoms with Crippen molar-refractivity contribution < 1.29 is 14.6 Å². The van der Waals surface area contributed by atoms with Gasteiger partial charge in [0.2, 0.25) is 0 Å². The molecule has 3 aliphatic heterocycles. The highest BCUT2D eigenvalue weighted by Gasteiger charge is 2.36. The van der Waals surface area contributed by atoms with E-state index in [4.69, 9.17) is 9.47 Å². The number of hydrogen-bond donors (Lipinski definition) is 1. The van der Waals surface area contributed by atoms with Crippen molar-refractivity contribution in [3.63, 3.8) is 0 Å². The van der Waals surface area contributed by atoms with Gasteiger partial charge in [0.25, 0.3) is 0 Å². The third-order valence-electron chi connectivity index (χ3n) is 8.15. The van der Waals surface area contributed by atoms with Gasteiger partial charge in [-0.25, -0.2) is 0 Å². The summed E-state index contributed by atoms with van der Waals surface area (Å²) < 4.78 is 12.4. The lowest BCUT2D eigenvalue weighted by Crippen LogP contribution is -2.51. The Labute approximate surface area is 214 Å². The van der Waals surface area contributed by atoms with Gasteiger partial charge in [-0.15, -0.1) is 11.8 Å². The van der Waals surface area contributed by atoms with Crippen molar-refractivity contribution in [2.75, 3.05) is 59.2 Å². The van der Waals surface area contributed by atoms with E-state index in [-0.39, 0.29) is 6.10 Å². The first kappa shape index (κ1) is 28.7. The summed E-state index contributed by atoms with van der Waals surface area (Å²) in [4.78, 5) is 7.85. The van der Waals surface area contributed by atoms with Crippen LogP contribution < -0.4 is 0 Å². The van der Waals surface area contributed by atoms with E-state index < -0.39 is 0 Å². The summed E-state index contributed by atoms with van der Waals surface area (Å²) in [6.07, 6.45) is 9.59. The number of aliphatic hydroxyl groups is 1. The zero-order chi connectivity index (χ0) is 24.7. The molecular formula is C27H53N3O3S. The molecule has 0 saturated carbocycles. The summed E-state index contributed by atoms with van der Waals surface area (Å²) in [5.41, 5.74) is 0. The molecule has 3 fully saturated rings. The van der Waals surface area contributed by atoms with Crippen LogP contribution in [0.2, 0.25) is 0 Å². The number of rotatable bonds is 12. The molecule has 6 atom stereocenters. The zero-order valence-electron chi connectivity index (χ0n) is 22.8. The Morgan fingerprint density at radius 3 is 2.35 bits per heavy atom. The van der Waals surface area contributed by atoms with Crippen molar-refractivity contribution in [2.24, 2.45) is 11.8 Å². The van der Waals surface area contributed by atoms with Crippen molar-refractivity contribution >= 4 is 11.8 Å². The van der Waals surface area contributed by atoms with Gasteiger partial charge in [0.05, 0.1) is 30.3 Å².